The van der Waals surface area contributed by atoms with Crippen LogP contribution in [0.15, 0.2) is 11.8 Å². The number of fused-ring (bicyclic) bond motifs is 1. The Balaban J connectivity index is 2.14. The number of allylic oxidation sites excluding steroid dienone is 1. The van der Waals surface area contributed by atoms with E-state index in [1.165, 1.54) is 6.92 Å². The highest BCUT2D eigenvalue weighted by atomic mass is 16.5. The summed E-state index contributed by atoms with van der Waals surface area (Å²) >= 11 is 0. The SMILES string of the molecule is CO[C@H]1CC(C)(C)[C@@H]2CC[C@]3(C)C[C@]12C=C(NC(C)=O)C3=O. The number of ether oxygens (including phenoxy) is 1. The summed E-state index contributed by atoms with van der Waals surface area (Å²) < 4.78 is 5.86. The van der Waals surface area contributed by atoms with Crippen molar-refractivity contribution in [3.05, 3.63) is 11.8 Å². The van der Waals surface area contributed by atoms with E-state index in [-0.39, 0.29) is 34.0 Å². The van der Waals surface area contributed by atoms with Gasteiger partial charge in [-0.15, -0.1) is 0 Å². The normalized spacial score (nSPS) is 42.6. The summed E-state index contributed by atoms with van der Waals surface area (Å²) in [6.45, 7) is 8.13. The lowest BCUT2D eigenvalue weighted by Crippen LogP contribution is -2.53. The van der Waals surface area contributed by atoms with Gasteiger partial charge < -0.3 is 10.1 Å². The minimum absolute atomic E-state index is 0.0892. The van der Waals surface area contributed by atoms with Crippen LogP contribution in [-0.2, 0) is 14.3 Å². The Hall–Kier alpha value is -1.16. The van der Waals surface area contributed by atoms with Crippen LogP contribution in [0.5, 0.6) is 0 Å². The molecule has 3 aliphatic carbocycles. The molecule has 0 aromatic heterocycles. The van der Waals surface area contributed by atoms with E-state index in [1.54, 1.807) is 7.11 Å². The summed E-state index contributed by atoms with van der Waals surface area (Å²) in [5.41, 5.74) is 0.183. The van der Waals surface area contributed by atoms with Crippen molar-refractivity contribution < 1.29 is 14.3 Å². The molecule has 0 radical (unpaired) electrons. The number of ketones is 1. The van der Waals surface area contributed by atoms with Crippen molar-refractivity contribution in [1.82, 2.24) is 5.32 Å². The highest BCUT2D eigenvalue weighted by Gasteiger charge is 2.65. The third-order valence-electron chi connectivity index (χ3n) is 6.39. The fourth-order valence-corrected chi connectivity index (χ4v) is 5.57. The quantitative estimate of drug-likeness (QED) is 0.853. The van der Waals surface area contributed by atoms with Crippen molar-refractivity contribution in [2.24, 2.45) is 22.2 Å². The van der Waals surface area contributed by atoms with Gasteiger partial charge in [-0.2, -0.15) is 0 Å². The molecule has 2 saturated carbocycles. The maximum absolute atomic E-state index is 12.8. The minimum Gasteiger partial charge on any atom is -0.381 e. The van der Waals surface area contributed by atoms with E-state index in [9.17, 15) is 9.59 Å². The van der Waals surface area contributed by atoms with Gasteiger partial charge in [-0.1, -0.05) is 20.8 Å². The van der Waals surface area contributed by atoms with Gasteiger partial charge in [0, 0.05) is 24.9 Å². The fraction of sp³-hybridized carbons (Fsp3) is 0.778. The smallest absolute Gasteiger partial charge is 0.221 e. The molecule has 4 heteroatoms. The van der Waals surface area contributed by atoms with Crippen LogP contribution in [0.25, 0.3) is 0 Å². The molecule has 22 heavy (non-hydrogen) atoms. The van der Waals surface area contributed by atoms with Crippen LogP contribution in [-0.4, -0.2) is 24.9 Å². The summed E-state index contributed by atoms with van der Waals surface area (Å²) in [4.78, 5) is 24.3. The van der Waals surface area contributed by atoms with Crippen molar-refractivity contribution in [3.8, 4) is 0 Å². The highest BCUT2D eigenvalue weighted by Crippen LogP contribution is 2.67. The second kappa shape index (κ2) is 4.67. The first-order valence-corrected chi connectivity index (χ1v) is 8.23. The Kier molecular flexibility index (Phi) is 3.34. The number of Topliss-reactive ketones (excluding diaryl/α,β-unsaturated/α-hetero) is 1. The first-order chi connectivity index (χ1) is 10.1. The first-order valence-electron chi connectivity index (χ1n) is 8.23. The third-order valence-corrected chi connectivity index (χ3v) is 6.39. The van der Waals surface area contributed by atoms with Gasteiger partial charge in [0.1, 0.15) is 0 Å². The average Bonchev–Trinajstić information content (AvgIpc) is 2.62. The molecular formula is C18H27NO3. The van der Waals surface area contributed by atoms with Crippen molar-refractivity contribution >= 4 is 11.7 Å². The van der Waals surface area contributed by atoms with Crippen LogP contribution < -0.4 is 5.32 Å². The lowest BCUT2D eigenvalue weighted by atomic mass is 9.51. The number of carbonyl (C=O) groups is 2. The standard InChI is InChI=1S/C18H27NO3/c1-11(20)19-12-8-18-10-17(4,15(12)21)7-6-13(18)16(2,3)9-14(18)22-5/h8,13-14H,6-7,9-10H2,1-5H3,(H,19,20)/t13-,14-,17+,18-/m0/s1. The lowest BCUT2D eigenvalue weighted by Gasteiger charge is -2.53. The number of amides is 1. The molecule has 1 spiro atoms. The summed E-state index contributed by atoms with van der Waals surface area (Å²) in [6, 6.07) is 0. The topological polar surface area (TPSA) is 55.4 Å². The van der Waals surface area contributed by atoms with Crippen molar-refractivity contribution in [3.63, 3.8) is 0 Å². The Morgan fingerprint density at radius 2 is 2.05 bits per heavy atom. The molecule has 1 N–H and O–H groups in total. The van der Waals surface area contributed by atoms with Gasteiger partial charge in [0.25, 0.3) is 0 Å². The molecule has 4 nitrogen and oxygen atoms in total. The van der Waals surface area contributed by atoms with Crippen LogP contribution in [0.1, 0.15) is 53.4 Å². The molecule has 1 amide bonds. The maximum Gasteiger partial charge on any atom is 0.221 e. The molecule has 4 atom stereocenters. The minimum atomic E-state index is -0.375. The molecule has 0 aromatic carbocycles. The zero-order chi connectivity index (χ0) is 16.3. The highest BCUT2D eigenvalue weighted by molar-refractivity contribution is 6.03. The van der Waals surface area contributed by atoms with Gasteiger partial charge in [-0.25, -0.2) is 0 Å². The monoisotopic (exact) mass is 305 g/mol. The van der Waals surface area contributed by atoms with E-state index in [0.29, 0.717) is 11.6 Å². The summed E-state index contributed by atoms with van der Waals surface area (Å²) in [7, 11) is 1.77. The summed E-state index contributed by atoms with van der Waals surface area (Å²) in [5, 5.41) is 2.78. The Morgan fingerprint density at radius 1 is 1.36 bits per heavy atom. The molecule has 122 valence electrons. The zero-order valence-electron chi connectivity index (χ0n) is 14.3. The molecule has 2 fully saturated rings. The van der Waals surface area contributed by atoms with Crippen LogP contribution in [0, 0.1) is 22.2 Å². The van der Waals surface area contributed by atoms with Crippen molar-refractivity contribution in [2.45, 2.75) is 59.5 Å². The van der Waals surface area contributed by atoms with E-state index >= 15 is 0 Å². The number of rotatable bonds is 2. The Bertz CT molecular complexity index is 565. The molecule has 0 aromatic rings. The molecule has 0 unspecified atom stereocenters. The molecule has 0 heterocycles. The maximum atomic E-state index is 12.8. The summed E-state index contributed by atoms with van der Waals surface area (Å²) in [6.07, 6.45) is 5.96. The zero-order valence-corrected chi connectivity index (χ0v) is 14.3. The van der Waals surface area contributed by atoms with Crippen LogP contribution >= 0.6 is 0 Å². The number of nitrogens with one attached hydrogen (secondary N) is 1. The van der Waals surface area contributed by atoms with Gasteiger partial charge in [-0.05, 0) is 43.1 Å². The number of hydrogen-bond acceptors (Lipinski definition) is 3. The van der Waals surface area contributed by atoms with E-state index in [4.69, 9.17) is 4.74 Å². The van der Waals surface area contributed by atoms with Crippen molar-refractivity contribution in [2.75, 3.05) is 7.11 Å². The van der Waals surface area contributed by atoms with Gasteiger partial charge in [0.05, 0.1) is 11.8 Å². The fourth-order valence-electron chi connectivity index (χ4n) is 5.57. The Morgan fingerprint density at radius 3 is 2.64 bits per heavy atom. The molecule has 2 bridgehead atoms. The van der Waals surface area contributed by atoms with Gasteiger partial charge in [-0.3, -0.25) is 9.59 Å². The molecule has 0 aliphatic heterocycles. The predicted octanol–water partition coefficient (Wildman–Crippen LogP) is 2.83. The molecule has 0 saturated heterocycles. The van der Waals surface area contributed by atoms with Crippen molar-refractivity contribution in [1.29, 1.82) is 0 Å². The van der Waals surface area contributed by atoms with Gasteiger partial charge in [0.15, 0.2) is 5.78 Å². The number of carbonyl (C=O) groups excluding carboxylic acids is 2. The molecular weight excluding hydrogens is 278 g/mol. The predicted molar refractivity (Wildman–Crippen MR) is 84.0 cm³/mol. The number of methoxy groups -OCH3 is 1. The van der Waals surface area contributed by atoms with Crippen LogP contribution in [0.4, 0.5) is 0 Å². The third kappa shape index (κ3) is 1.99. The molecule has 3 aliphatic rings. The lowest BCUT2D eigenvalue weighted by molar-refractivity contribution is -0.136. The average molecular weight is 305 g/mol. The summed E-state index contributed by atoms with van der Waals surface area (Å²) in [5.74, 6) is 0.406. The van der Waals surface area contributed by atoms with Gasteiger partial charge >= 0.3 is 0 Å². The number of hydrogen-bond donors (Lipinski definition) is 1. The van der Waals surface area contributed by atoms with Crippen LogP contribution in [0.2, 0.25) is 0 Å². The van der Waals surface area contributed by atoms with E-state index in [0.717, 1.165) is 25.7 Å². The van der Waals surface area contributed by atoms with E-state index in [1.807, 2.05) is 6.08 Å². The van der Waals surface area contributed by atoms with E-state index < -0.39 is 0 Å². The second-order valence-electron chi connectivity index (χ2n) is 8.43. The largest absolute Gasteiger partial charge is 0.381 e. The second-order valence-corrected chi connectivity index (χ2v) is 8.43. The van der Waals surface area contributed by atoms with Crippen LogP contribution in [0.3, 0.4) is 0 Å². The Labute approximate surface area is 132 Å². The first kappa shape index (κ1) is 15.7. The van der Waals surface area contributed by atoms with E-state index in [2.05, 4.69) is 26.1 Å². The molecule has 3 rings (SSSR count). The van der Waals surface area contributed by atoms with Gasteiger partial charge in [0.2, 0.25) is 5.91 Å².